The van der Waals surface area contributed by atoms with Crippen LogP contribution in [0.25, 0.3) is 0 Å². The second kappa shape index (κ2) is 6.14. The van der Waals surface area contributed by atoms with Crippen molar-refractivity contribution < 1.29 is 13.2 Å². The van der Waals surface area contributed by atoms with Crippen LogP contribution in [-0.4, -0.2) is 28.2 Å². The van der Waals surface area contributed by atoms with E-state index < -0.39 is 10.0 Å². The molecule has 0 amide bonds. The van der Waals surface area contributed by atoms with Crippen molar-refractivity contribution in [3.8, 4) is 0 Å². The number of benzene rings is 1. The molecule has 100 valence electrons. The predicted molar refractivity (Wildman–Crippen MR) is 72.9 cm³/mol. The molecule has 1 heterocycles. The first-order chi connectivity index (χ1) is 8.58. The number of rotatable bonds is 4. The van der Waals surface area contributed by atoms with E-state index in [2.05, 4.69) is 20.7 Å². The summed E-state index contributed by atoms with van der Waals surface area (Å²) in [6.45, 7) is 1.94. The van der Waals surface area contributed by atoms with Gasteiger partial charge in [0.25, 0.3) is 0 Å². The molecule has 1 aromatic carbocycles. The summed E-state index contributed by atoms with van der Waals surface area (Å²) in [6.07, 6.45) is 1.84. The van der Waals surface area contributed by atoms with E-state index in [0.29, 0.717) is 17.4 Å². The lowest BCUT2D eigenvalue weighted by Crippen LogP contribution is -2.32. The van der Waals surface area contributed by atoms with Crippen LogP contribution in [0.1, 0.15) is 12.8 Å². The number of halogens is 1. The lowest BCUT2D eigenvalue weighted by molar-refractivity contribution is 0.0678. The highest BCUT2D eigenvalue weighted by molar-refractivity contribution is 9.10. The molecule has 0 aromatic heterocycles. The van der Waals surface area contributed by atoms with Crippen molar-refractivity contribution in [3.63, 3.8) is 0 Å². The van der Waals surface area contributed by atoms with Gasteiger partial charge in [-0.25, -0.2) is 13.1 Å². The molecule has 6 heteroatoms. The monoisotopic (exact) mass is 333 g/mol. The highest BCUT2D eigenvalue weighted by Gasteiger charge is 2.18. The molecule has 1 aromatic rings. The highest BCUT2D eigenvalue weighted by atomic mass is 79.9. The molecule has 1 aliphatic rings. The molecule has 4 nitrogen and oxygen atoms in total. The number of nitrogens with one attached hydrogen (secondary N) is 1. The Balaban J connectivity index is 1.96. The quantitative estimate of drug-likeness (QED) is 0.918. The largest absolute Gasteiger partial charge is 0.381 e. The van der Waals surface area contributed by atoms with E-state index in [1.807, 2.05) is 0 Å². The topological polar surface area (TPSA) is 55.4 Å². The van der Waals surface area contributed by atoms with Crippen LogP contribution in [0.4, 0.5) is 0 Å². The molecule has 1 N–H and O–H groups in total. The van der Waals surface area contributed by atoms with Crippen LogP contribution in [-0.2, 0) is 14.8 Å². The first-order valence-electron chi connectivity index (χ1n) is 5.91. The molecule has 0 unspecified atom stereocenters. The van der Waals surface area contributed by atoms with Gasteiger partial charge in [0.15, 0.2) is 0 Å². The van der Waals surface area contributed by atoms with E-state index in [1.54, 1.807) is 24.3 Å². The van der Waals surface area contributed by atoms with E-state index in [-0.39, 0.29) is 0 Å². The summed E-state index contributed by atoms with van der Waals surface area (Å²) in [7, 11) is -3.39. The minimum atomic E-state index is -3.39. The number of hydrogen-bond acceptors (Lipinski definition) is 3. The van der Waals surface area contributed by atoms with Crippen molar-refractivity contribution in [1.82, 2.24) is 4.72 Å². The van der Waals surface area contributed by atoms with Crippen molar-refractivity contribution in [2.75, 3.05) is 19.8 Å². The third-order valence-corrected chi connectivity index (χ3v) is 4.99. The average molecular weight is 334 g/mol. The lowest BCUT2D eigenvalue weighted by atomic mass is 10.0. The lowest BCUT2D eigenvalue weighted by Gasteiger charge is -2.22. The van der Waals surface area contributed by atoms with Crippen LogP contribution in [0, 0.1) is 5.92 Å². The fraction of sp³-hybridized carbons (Fsp3) is 0.500. The Labute approximate surface area is 116 Å². The maximum Gasteiger partial charge on any atom is 0.240 e. The zero-order valence-corrected chi connectivity index (χ0v) is 12.3. The summed E-state index contributed by atoms with van der Waals surface area (Å²) in [5.74, 6) is 0.379. The van der Waals surface area contributed by atoms with Crippen molar-refractivity contribution >= 4 is 26.0 Å². The van der Waals surface area contributed by atoms with Crippen molar-refractivity contribution in [1.29, 1.82) is 0 Å². The zero-order chi connectivity index (χ0) is 13.0. The SMILES string of the molecule is O=S(=O)(NCC1CCOCC1)c1ccc(Br)cc1. The normalized spacial score (nSPS) is 17.8. The smallest absolute Gasteiger partial charge is 0.240 e. The maximum atomic E-state index is 12.0. The van der Waals surface area contributed by atoms with Gasteiger partial charge in [-0.15, -0.1) is 0 Å². The molecule has 0 radical (unpaired) electrons. The van der Waals surface area contributed by atoms with Gasteiger partial charge >= 0.3 is 0 Å². The molecule has 1 aliphatic heterocycles. The molecule has 2 rings (SSSR count). The first kappa shape index (κ1) is 14.0. The van der Waals surface area contributed by atoms with Gasteiger partial charge in [0.1, 0.15) is 0 Å². The Morgan fingerprint density at radius 2 is 1.83 bits per heavy atom. The minimum Gasteiger partial charge on any atom is -0.381 e. The molecule has 0 saturated carbocycles. The van der Waals surface area contributed by atoms with Crippen molar-refractivity contribution in [2.45, 2.75) is 17.7 Å². The van der Waals surface area contributed by atoms with E-state index in [9.17, 15) is 8.42 Å². The summed E-state index contributed by atoms with van der Waals surface area (Å²) in [5.41, 5.74) is 0. The summed E-state index contributed by atoms with van der Waals surface area (Å²) in [5, 5.41) is 0. The number of ether oxygens (including phenoxy) is 1. The summed E-state index contributed by atoms with van der Waals surface area (Å²) < 4.78 is 32.8. The molecule has 18 heavy (non-hydrogen) atoms. The Kier molecular flexibility index (Phi) is 4.77. The number of hydrogen-bond donors (Lipinski definition) is 1. The maximum absolute atomic E-state index is 12.0. The van der Waals surface area contributed by atoms with Gasteiger partial charge in [-0.3, -0.25) is 0 Å². The Hall–Kier alpha value is -0.430. The third-order valence-electron chi connectivity index (χ3n) is 3.03. The van der Waals surface area contributed by atoms with Crippen LogP contribution in [0.3, 0.4) is 0 Å². The standard InChI is InChI=1S/C12H16BrNO3S/c13-11-1-3-12(4-2-11)18(15,16)14-9-10-5-7-17-8-6-10/h1-4,10,14H,5-9H2. The van der Waals surface area contributed by atoms with Crippen molar-refractivity contribution in [2.24, 2.45) is 5.92 Å². The van der Waals surface area contributed by atoms with Gasteiger partial charge in [0.2, 0.25) is 10.0 Å². The predicted octanol–water partition coefficient (Wildman–Crippen LogP) is 2.15. The fourth-order valence-corrected chi connectivity index (χ4v) is 3.26. The Morgan fingerprint density at radius 3 is 2.44 bits per heavy atom. The fourth-order valence-electron chi connectivity index (χ4n) is 1.88. The second-order valence-electron chi connectivity index (χ2n) is 4.36. The van der Waals surface area contributed by atoms with Crippen LogP contribution in [0.15, 0.2) is 33.6 Å². The molecule has 1 fully saturated rings. The third kappa shape index (κ3) is 3.78. The zero-order valence-electron chi connectivity index (χ0n) is 9.93. The molecular weight excluding hydrogens is 318 g/mol. The van der Waals surface area contributed by atoms with Gasteiger partial charge in [-0.05, 0) is 43.0 Å². The summed E-state index contributed by atoms with van der Waals surface area (Å²) >= 11 is 3.28. The van der Waals surface area contributed by atoms with E-state index in [0.717, 1.165) is 30.5 Å². The van der Waals surface area contributed by atoms with Gasteiger partial charge in [-0.1, -0.05) is 15.9 Å². The summed E-state index contributed by atoms with van der Waals surface area (Å²) in [6, 6.07) is 6.64. The van der Waals surface area contributed by atoms with Gasteiger partial charge < -0.3 is 4.74 Å². The molecule has 0 atom stereocenters. The first-order valence-corrected chi connectivity index (χ1v) is 8.18. The van der Waals surface area contributed by atoms with Gasteiger partial charge in [0, 0.05) is 24.2 Å². The Bertz CT molecular complexity index is 481. The van der Waals surface area contributed by atoms with E-state index in [4.69, 9.17) is 4.74 Å². The molecule has 0 spiro atoms. The van der Waals surface area contributed by atoms with Crippen LogP contribution >= 0.6 is 15.9 Å². The van der Waals surface area contributed by atoms with Crippen LogP contribution in [0.5, 0.6) is 0 Å². The number of sulfonamides is 1. The second-order valence-corrected chi connectivity index (χ2v) is 7.04. The van der Waals surface area contributed by atoms with E-state index >= 15 is 0 Å². The minimum absolute atomic E-state index is 0.303. The van der Waals surface area contributed by atoms with E-state index in [1.165, 1.54) is 0 Å². The highest BCUT2D eigenvalue weighted by Crippen LogP contribution is 2.17. The molecule has 1 saturated heterocycles. The van der Waals surface area contributed by atoms with Gasteiger partial charge in [0.05, 0.1) is 4.90 Å². The van der Waals surface area contributed by atoms with Gasteiger partial charge in [-0.2, -0.15) is 0 Å². The summed E-state index contributed by atoms with van der Waals surface area (Å²) in [4.78, 5) is 0.303. The molecule has 0 bridgehead atoms. The van der Waals surface area contributed by atoms with Crippen molar-refractivity contribution in [3.05, 3.63) is 28.7 Å². The van der Waals surface area contributed by atoms with Crippen LogP contribution in [0.2, 0.25) is 0 Å². The van der Waals surface area contributed by atoms with Crippen LogP contribution < -0.4 is 4.72 Å². The average Bonchev–Trinajstić information content (AvgIpc) is 2.38. The Morgan fingerprint density at radius 1 is 1.22 bits per heavy atom. The molecular formula is C12H16BrNO3S. The molecule has 0 aliphatic carbocycles.